The van der Waals surface area contributed by atoms with Crippen LogP contribution < -0.4 is 0 Å². The van der Waals surface area contributed by atoms with E-state index in [1.54, 1.807) is 0 Å². The second-order valence-electron chi connectivity index (χ2n) is 6.85. The molecule has 0 amide bonds. The number of unbranched alkanes of at least 4 members (excludes halogenated alkanes) is 7. The molecule has 1 aromatic carbocycles. The summed E-state index contributed by atoms with van der Waals surface area (Å²) in [6, 6.07) is 9.19. The number of aryl methyl sites for hydroxylation is 1. The van der Waals surface area contributed by atoms with Crippen LogP contribution in [-0.4, -0.2) is 6.10 Å². The van der Waals surface area contributed by atoms with Gasteiger partial charge in [-0.15, -0.1) is 0 Å². The van der Waals surface area contributed by atoms with Crippen LogP contribution >= 0.6 is 0 Å². The largest absolute Gasteiger partial charge is 0.365 e. The molecule has 1 saturated heterocycles. The van der Waals surface area contributed by atoms with Gasteiger partial charge in [0.2, 0.25) is 0 Å². The van der Waals surface area contributed by atoms with Crippen molar-refractivity contribution in [2.45, 2.75) is 96.7 Å². The van der Waals surface area contributed by atoms with Crippen molar-refractivity contribution in [2.24, 2.45) is 0 Å². The van der Waals surface area contributed by atoms with Crippen LogP contribution in [0.25, 0.3) is 0 Å². The van der Waals surface area contributed by atoms with Gasteiger partial charge in [-0.2, -0.15) is 0 Å². The van der Waals surface area contributed by atoms with Gasteiger partial charge in [0.1, 0.15) is 6.10 Å². The molecule has 0 N–H and O–H groups in total. The van der Waals surface area contributed by atoms with E-state index in [2.05, 4.69) is 38.1 Å². The van der Waals surface area contributed by atoms with Gasteiger partial charge in [-0.25, -0.2) is 0 Å². The highest BCUT2D eigenvalue weighted by molar-refractivity contribution is 5.27. The minimum atomic E-state index is 0.388. The van der Waals surface area contributed by atoms with Crippen molar-refractivity contribution in [3.63, 3.8) is 0 Å². The standard InChI is InChI=1S/C21H34O/c1-3-5-7-8-9-10-11-12-18-14-16-19(17-15-18)21-20(22-21)13-6-4-2/h14-17,20-21H,3-13H2,1-2H3. The Balaban J connectivity index is 1.59. The molecular formula is C21H34O. The Kier molecular flexibility index (Phi) is 8.01. The van der Waals surface area contributed by atoms with Gasteiger partial charge in [0.25, 0.3) is 0 Å². The van der Waals surface area contributed by atoms with Crippen molar-refractivity contribution in [2.75, 3.05) is 0 Å². The van der Waals surface area contributed by atoms with Crippen LogP contribution in [0.2, 0.25) is 0 Å². The smallest absolute Gasteiger partial charge is 0.109 e. The Morgan fingerprint density at radius 3 is 2.09 bits per heavy atom. The third-order valence-electron chi connectivity index (χ3n) is 4.80. The number of rotatable bonds is 12. The Labute approximate surface area is 137 Å². The molecule has 0 saturated carbocycles. The fourth-order valence-corrected chi connectivity index (χ4v) is 3.22. The van der Waals surface area contributed by atoms with E-state index in [0.29, 0.717) is 12.2 Å². The molecule has 2 unspecified atom stereocenters. The molecular weight excluding hydrogens is 268 g/mol. The van der Waals surface area contributed by atoms with Crippen molar-refractivity contribution < 1.29 is 4.74 Å². The summed E-state index contributed by atoms with van der Waals surface area (Å²) in [6.45, 7) is 4.53. The highest BCUT2D eigenvalue weighted by Crippen LogP contribution is 2.41. The Hall–Kier alpha value is -0.820. The lowest BCUT2D eigenvalue weighted by molar-refractivity contribution is 0.362. The predicted octanol–water partition coefficient (Wildman–Crippen LogP) is 6.61. The molecule has 1 aliphatic rings. The number of benzene rings is 1. The van der Waals surface area contributed by atoms with Crippen LogP contribution in [0.4, 0.5) is 0 Å². The zero-order chi connectivity index (χ0) is 15.6. The highest BCUT2D eigenvalue weighted by Gasteiger charge is 2.38. The quantitative estimate of drug-likeness (QED) is 0.312. The van der Waals surface area contributed by atoms with Crippen molar-refractivity contribution >= 4 is 0 Å². The topological polar surface area (TPSA) is 12.5 Å². The van der Waals surface area contributed by atoms with Gasteiger partial charge in [-0.1, -0.05) is 89.5 Å². The molecule has 0 aliphatic carbocycles. The van der Waals surface area contributed by atoms with Gasteiger partial charge in [-0.05, 0) is 30.4 Å². The van der Waals surface area contributed by atoms with Crippen LogP contribution in [0, 0.1) is 0 Å². The van der Waals surface area contributed by atoms with Crippen LogP contribution in [-0.2, 0) is 11.2 Å². The van der Waals surface area contributed by atoms with Gasteiger partial charge < -0.3 is 4.74 Å². The first-order chi connectivity index (χ1) is 10.8. The van der Waals surface area contributed by atoms with Crippen LogP contribution in [0.1, 0.15) is 95.3 Å². The molecule has 1 heteroatoms. The summed E-state index contributed by atoms with van der Waals surface area (Å²) in [4.78, 5) is 0. The summed E-state index contributed by atoms with van der Waals surface area (Å²) in [5, 5.41) is 0. The lowest BCUT2D eigenvalue weighted by Crippen LogP contribution is -1.91. The molecule has 1 aliphatic heterocycles. The minimum Gasteiger partial charge on any atom is -0.365 e. The average Bonchev–Trinajstić information content (AvgIpc) is 3.32. The second-order valence-corrected chi connectivity index (χ2v) is 6.85. The van der Waals surface area contributed by atoms with Gasteiger partial charge in [0.05, 0.1) is 6.10 Å². The molecule has 1 aromatic rings. The molecule has 0 bridgehead atoms. The average molecular weight is 303 g/mol. The van der Waals surface area contributed by atoms with E-state index < -0.39 is 0 Å². The molecule has 0 spiro atoms. The maximum atomic E-state index is 5.79. The third-order valence-corrected chi connectivity index (χ3v) is 4.80. The first-order valence-corrected chi connectivity index (χ1v) is 9.59. The van der Waals surface area contributed by atoms with Gasteiger partial charge in [0, 0.05) is 0 Å². The molecule has 0 aromatic heterocycles. The van der Waals surface area contributed by atoms with Crippen LogP contribution in [0.5, 0.6) is 0 Å². The zero-order valence-electron chi connectivity index (χ0n) is 14.7. The molecule has 1 fully saturated rings. The number of hydrogen-bond donors (Lipinski definition) is 0. The predicted molar refractivity (Wildman–Crippen MR) is 95.3 cm³/mol. The molecule has 2 atom stereocenters. The monoisotopic (exact) mass is 302 g/mol. The zero-order valence-corrected chi connectivity index (χ0v) is 14.7. The van der Waals surface area contributed by atoms with E-state index in [4.69, 9.17) is 4.74 Å². The van der Waals surface area contributed by atoms with E-state index >= 15 is 0 Å². The van der Waals surface area contributed by atoms with E-state index in [9.17, 15) is 0 Å². The molecule has 1 nitrogen and oxygen atoms in total. The fourth-order valence-electron chi connectivity index (χ4n) is 3.22. The SMILES string of the molecule is CCCCCCCCCc1ccc(C2OC2CCCC)cc1. The van der Waals surface area contributed by atoms with Crippen LogP contribution in [0.3, 0.4) is 0 Å². The van der Waals surface area contributed by atoms with Crippen LogP contribution in [0.15, 0.2) is 24.3 Å². The molecule has 22 heavy (non-hydrogen) atoms. The van der Waals surface area contributed by atoms with Gasteiger partial charge in [0.15, 0.2) is 0 Å². The second kappa shape index (κ2) is 10.0. The summed E-state index contributed by atoms with van der Waals surface area (Å²) in [6.07, 6.45) is 15.6. The maximum Gasteiger partial charge on any atom is 0.109 e. The Bertz CT molecular complexity index is 395. The summed E-state index contributed by atoms with van der Waals surface area (Å²) >= 11 is 0. The van der Waals surface area contributed by atoms with Crippen molar-refractivity contribution in [3.05, 3.63) is 35.4 Å². The number of epoxide rings is 1. The summed E-state index contributed by atoms with van der Waals surface area (Å²) in [5.41, 5.74) is 2.87. The van der Waals surface area contributed by atoms with E-state index in [1.807, 2.05) is 0 Å². The maximum absolute atomic E-state index is 5.79. The van der Waals surface area contributed by atoms with Crippen molar-refractivity contribution in [1.29, 1.82) is 0 Å². The Morgan fingerprint density at radius 2 is 1.41 bits per heavy atom. The summed E-state index contributed by atoms with van der Waals surface area (Å²) in [7, 11) is 0. The third kappa shape index (κ3) is 6.12. The highest BCUT2D eigenvalue weighted by atomic mass is 16.6. The first kappa shape index (κ1) is 17.5. The Morgan fingerprint density at radius 1 is 0.773 bits per heavy atom. The normalized spacial score (nSPS) is 20.3. The van der Waals surface area contributed by atoms with Gasteiger partial charge in [-0.3, -0.25) is 0 Å². The summed E-state index contributed by atoms with van der Waals surface area (Å²) < 4.78 is 5.79. The lowest BCUT2D eigenvalue weighted by Gasteiger charge is -2.04. The molecule has 0 radical (unpaired) electrons. The van der Waals surface area contributed by atoms with E-state index in [-0.39, 0.29) is 0 Å². The number of hydrogen-bond acceptors (Lipinski definition) is 1. The van der Waals surface area contributed by atoms with E-state index in [1.165, 1.54) is 81.8 Å². The first-order valence-electron chi connectivity index (χ1n) is 9.59. The summed E-state index contributed by atoms with van der Waals surface area (Å²) in [5.74, 6) is 0. The molecule has 1 heterocycles. The minimum absolute atomic E-state index is 0.388. The van der Waals surface area contributed by atoms with Gasteiger partial charge >= 0.3 is 0 Å². The van der Waals surface area contributed by atoms with Crippen molar-refractivity contribution in [1.82, 2.24) is 0 Å². The number of ether oxygens (including phenoxy) is 1. The van der Waals surface area contributed by atoms with Crippen molar-refractivity contribution in [3.8, 4) is 0 Å². The molecule has 124 valence electrons. The fraction of sp³-hybridized carbons (Fsp3) is 0.714. The lowest BCUT2D eigenvalue weighted by atomic mass is 10.0. The van der Waals surface area contributed by atoms with E-state index in [0.717, 1.165) is 0 Å². The molecule has 2 rings (SSSR count).